The molecule has 0 aromatic carbocycles. The second-order valence-electron chi connectivity index (χ2n) is 7.88. The van der Waals surface area contributed by atoms with E-state index in [0.717, 1.165) is 32.5 Å². The van der Waals surface area contributed by atoms with Crippen LogP contribution in [-0.4, -0.2) is 69.8 Å². The maximum atomic E-state index is 13.2. The number of imidazole rings is 1. The minimum absolute atomic E-state index is 0.0516. The number of hydrogen-bond donors (Lipinski definition) is 1. The summed E-state index contributed by atoms with van der Waals surface area (Å²) < 4.78 is 45.3. The Morgan fingerprint density at radius 2 is 1.82 bits per heavy atom. The van der Waals surface area contributed by atoms with Crippen molar-refractivity contribution in [3.8, 4) is 0 Å². The van der Waals surface area contributed by atoms with E-state index in [0.29, 0.717) is 30.3 Å². The number of piperidine rings is 1. The van der Waals surface area contributed by atoms with Gasteiger partial charge < -0.3 is 14.6 Å². The summed E-state index contributed by atoms with van der Waals surface area (Å²) in [6.45, 7) is 8.39. The molecular formula is C18H25F3N6O. The van der Waals surface area contributed by atoms with Gasteiger partial charge in [0.15, 0.2) is 11.5 Å². The first-order valence-electron chi connectivity index (χ1n) is 9.70. The Bertz CT molecular complexity index is 807. The smallest absolute Gasteiger partial charge is 0.373 e. The molecule has 1 N–H and O–H groups in total. The van der Waals surface area contributed by atoms with Crippen LogP contribution >= 0.6 is 0 Å². The molecule has 2 aromatic heterocycles. The number of hydrogen-bond acceptors (Lipinski definition) is 6. The molecule has 0 aliphatic carbocycles. The first-order chi connectivity index (χ1) is 13.3. The van der Waals surface area contributed by atoms with E-state index >= 15 is 0 Å². The minimum atomic E-state index is -4.59. The van der Waals surface area contributed by atoms with E-state index in [4.69, 9.17) is 4.74 Å². The molecule has 154 valence electrons. The minimum Gasteiger partial charge on any atom is -0.373 e. The van der Waals surface area contributed by atoms with Crippen molar-refractivity contribution >= 4 is 17.0 Å². The van der Waals surface area contributed by atoms with E-state index < -0.39 is 12.0 Å². The molecule has 4 rings (SSSR count). The Hall–Kier alpha value is -1.94. The number of H-pyrrole nitrogens is 1. The lowest BCUT2D eigenvalue weighted by Gasteiger charge is -2.39. The predicted molar refractivity (Wildman–Crippen MR) is 98.1 cm³/mol. The Labute approximate surface area is 161 Å². The molecule has 0 bridgehead atoms. The van der Waals surface area contributed by atoms with Crippen LogP contribution in [-0.2, 0) is 10.9 Å². The fraction of sp³-hybridized carbons (Fsp3) is 0.722. The van der Waals surface area contributed by atoms with E-state index in [1.54, 1.807) is 0 Å². The van der Waals surface area contributed by atoms with Gasteiger partial charge in [0.25, 0.3) is 0 Å². The van der Waals surface area contributed by atoms with E-state index in [1.807, 2.05) is 4.90 Å². The third kappa shape index (κ3) is 4.07. The molecule has 0 spiro atoms. The van der Waals surface area contributed by atoms with Crippen molar-refractivity contribution in [2.75, 3.05) is 37.6 Å². The highest BCUT2D eigenvalue weighted by Gasteiger charge is 2.37. The third-order valence-corrected chi connectivity index (χ3v) is 5.45. The van der Waals surface area contributed by atoms with Crippen LogP contribution in [0.25, 0.3) is 11.2 Å². The number of morpholine rings is 1. The molecule has 0 radical (unpaired) electrons. The third-order valence-electron chi connectivity index (χ3n) is 5.45. The molecule has 28 heavy (non-hydrogen) atoms. The Balaban J connectivity index is 1.44. The van der Waals surface area contributed by atoms with Gasteiger partial charge in [0.2, 0.25) is 5.82 Å². The van der Waals surface area contributed by atoms with E-state index in [-0.39, 0.29) is 17.9 Å². The fourth-order valence-electron chi connectivity index (χ4n) is 4.30. The summed E-state index contributed by atoms with van der Waals surface area (Å²) in [6, 6.07) is 0. The van der Waals surface area contributed by atoms with Crippen LogP contribution in [0.5, 0.6) is 0 Å². The number of anilines is 1. The van der Waals surface area contributed by atoms with Crippen molar-refractivity contribution in [3.05, 3.63) is 12.2 Å². The quantitative estimate of drug-likeness (QED) is 0.857. The highest BCUT2D eigenvalue weighted by atomic mass is 19.4. The predicted octanol–water partition coefficient (Wildman–Crippen LogP) is 2.70. The number of rotatable bonds is 3. The van der Waals surface area contributed by atoms with Gasteiger partial charge in [-0.05, 0) is 32.6 Å². The van der Waals surface area contributed by atoms with Crippen LogP contribution < -0.4 is 4.90 Å². The van der Waals surface area contributed by atoms with Crippen molar-refractivity contribution in [3.63, 3.8) is 0 Å². The number of ether oxygens (including phenoxy) is 1. The molecule has 7 nitrogen and oxygen atoms in total. The lowest BCUT2D eigenvalue weighted by molar-refractivity contribution is -0.144. The molecule has 10 heteroatoms. The maximum Gasteiger partial charge on any atom is 0.451 e. The van der Waals surface area contributed by atoms with E-state index in [2.05, 4.69) is 38.7 Å². The van der Waals surface area contributed by atoms with Crippen LogP contribution in [0.4, 0.5) is 19.0 Å². The first-order valence-corrected chi connectivity index (χ1v) is 9.70. The molecule has 4 heterocycles. The van der Waals surface area contributed by atoms with Crippen LogP contribution in [0.3, 0.4) is 0 Å². The number of alkyl halides is 3. The number of fused-ring (bicyclic) bond motifs is 1. The molecule has 2 saturated heterocycles. The van der Waals surface area contributed by atoms with Crippen LogP contribution in [0.15, 0.2) is 6.33 Å². The summed E-state index contributed by atoms with van der Waals surface area (Å²) in [6.07, 6.45) is -0.929. The van der Waals surface area contributed by atoms with Crippen molar-refractivity contribution < 1.29 is 17.9 Å². The van der Waals surface area contributed by atoms with Crippen molar-refractivity contribution in [2.24, 2.45) is 5.92 Å². The van der Waals surface area contributed by atoms with Crippen LogP contribution in [0.1, 0.15) is 32.5 Å². The lowest BCUT2D eigenvalue weighted by atomic mass is 9.95. The van der Waals surface area contributed by atoms with E-state index in [1.165, 1.54) is 6.33 Å². The van der Waals surface area contributed by atoms with Crippen molar-refractivity contribution in [1.29, 1.82) is 0 Å². The Kier molecular flexibility index (Phi) is 5.17. The van der Waals surface area contributed by atoms with Crippen LogP contribution in [0.2, 0.25) is 0 Å². The van der Waals surface area contributed by atoms with Gasteiger partial charge >= 0.3 is 6.18 Å². The summed E-state index contributed by atoms with van der Waals surface area (Å²) in [5.41, 5.74) is 0.512. The molecule has 2 aromatic rings. The molecule has 0 amide bonds. The van der Waals surface area contributed by atoms with Gasteiger partial charge in [0, 0.05) is 32.7 Å². The molecule has 2 unspecified atom stereocenters. The number of aromatic nitrogens is 4. The number of nitrogens with zero attached hydrogens (tertiary/aromatic N) is 5. The molecule has 2 aliphatic heterocycles. The molecule has 0 saturated carbocycles. The second-order valence-corrected chi connectivity index (χ2v) is 7.88. The Morgan fingerprint density at radius 1 is 1.14 bits per heavy atom. The normalized spacial score (nSPS) is 25.5. The zero-order valence-corrected chi connectivity index (χ0v) is 16.0. The van der Waals surface area contributed by atoms with Gasteiger partial charge in [-0.1, -0.05) is 0 Å². The van der Waals surface area contributed by atoms with Gasteiger partial charge in [-0.25, -0.2) is 15.0 Å². The largest absolute Gasteiger partial charge is 0.451 e. The molecule has 2 aliphatic rings. The number of halogens is 3. The summed E-state index contributed by atoms with van der Waals surface area (Å²) in [5, 5.41) is 0. The van der Waals surface area contributed by atoms with Crippen LogP contribution in [0, 0.1) is 5.92 Å². The van der Waals surface area contributed by atoms with Gasteiger partial charge in [-0.15, -0.1) is 0 Å². The van der Waals surface area contributed by atoms with E-state index in [9.17, 15) is 13.2 Å². The molecule has 2 fully saturated rings. The standard InChI is InChI=1S/C18H25F3N6O/c1-11-7-26(8-12(2)28-11)9-13-3-5-27(6-4-13)16-14-15(23-10-22-14)24-17(25-16)18(19,20)21/h10-13H,3-9H2,1-2H3,(H,22,23,24,25). The summed E-state index contributed by atoms with van der Waals surface area (Å²) in [7, 11) is 0. The summed E-state index contributed by atoms with van der Waals surface area (Å²) in [5.74, 6) is -0.322. The average molecular weight is 398 g/mol. The number of aromatic amines is 1. The van der Waals surface area contributed by atoms with Crippen molar-refractivity contribution in [1.82, 2.24) is 24.8 Å². The SMILES string of the molecule is CC1CN(CC2CCN(c3nc(C(F)(F)F)nc4nc[nH]c34)CC2)CC(C)O1. The zero-order valence-electron chi connectivity index (χ0n) is 16.0. The van der Waals surface area contributed by atoms with Crippen molar-refractivity contribution in [2.45, 2.75) is 45.1 Å². The second kappa shape index (κ2) is 7.47. The lowest BCUT2D eigenvalue weighted by Crippen LogP contribution is -2.48. The van der Waals surface area contributed by atoms with Gasteiger partial charge in [0.1, 0.15) is 5.52 Å². The monoisotopic (exact) mass is 398 g/mol. The van der Waals surface area contributed by atoms with Gasteiger partial charge in [0.05, 0.1) is 18.5 Å². The summed E-state index contributed by atoms with van der Waals surface area (Å²) in [4.78, 5) is 18.5. The first kappa shape index (κ1) is 19.4. The zero-order chi connectivity index (χ0) is 19.9. The van der Waals surface area contributed by atoms with Gasteiger partial charge in [-0.3, -0.25) is 4.90 Å². The summed E-state index contributed by atoms with van der Waals surface area (Å²) >= 11 is 0. The van der Waals surface area contributed by atoms with Gasteiger partial charge in [-0.2, -0.15) is 13.2 Å². The topological polar surface area (TPSA) is 70.2 Å². The fourth-order valence-corrected chi connectivity index (χ4v) is 4.30. The Morgan fingerprint density at radius 3 is 2.46 bits per heavy atom. The highest BCUT2D eigenvalue weighted by Crippen LogP contribution is 2.32. The highest BCUT2D eigenvalue weighted by molar-refractivity contribution is 5.83. The maximum absolute atomic E-state index is 13.2. The molecule has 2 atom stereocenters. The number of nitrogens with one attached hydrogen (secondary N) is 1. The average Bonchev–Trinajstić information content (AvgIpc) is 3.08. The molecular weight excluding hydrogens is 373 g/mol.